The Morgan fingerprint density at radius 2 is 2.20 bits per heavy atom. The summed E-state index contributed by atoms with van der Waals surface area (Å²) in [6.45, 7) is 0.871. The highest BCUT2D eigenvalue weighted by Crippen LogP contribution is 2.69. The molecule has 4 aliphatic rings. The van der Waals surface area contributed by atoms with Crippen molar-refractivity contribution in [2.75, 3.05) is 13.7 Å². The van der Waals surface area contributed by atoms with Gasteiger partial charge in [0.05, 0.1) is 13.2 Å². The zero-order chi connectivity index (χ0) is 17.3. The van der Waals surface area contributed by atoms with Crippen molar-refractivity contribution in [3.63, 3.8) is 0 Å². The van der Waals surface area contributed by atoms with Gasteiger partial charge in [0.25, 0.3) is 0 Å². The van der Waals surface area contributed by atoms with Gasteiger partial charge in [-0.25, -0.2) is 0 Å². The fourth-order valence-electron chi connectivity index (χ4n) is 5.53. The molecule has 4 fully saturated rings. The second-order valence-corrected chi connectivity index (χ2v) is 8.50. The maximum atomic E-state index is 11.2. The van der Waals surface area contributed by atoms with Crippen LogP contribution in [0.15, 0.2) is 11.6 Å². The van der Waals surface area contributed by atoms with Gasteiger partial charge in [0.15, 0.2) is 6.29 Å². The quantitative estimate of drug-likeness (QED) is 0.406. The van der Waals surface area contributed by atoms with Crippen molar-refractivity contribution < 1.29 is 19.0 Å². The van der Waals surface area contributed by atoms with Crippen LogP contribution in [0.3, 0.4) is 0 Å². The summed E-state index contributed by atoms with van der Waals surface area (Å²) in [7, 11) is 1.46. The zero-order valence-corrected chi connectivity index (χ0v) is 15.5. The molecule has 1 saturated heterocycles. The Balaban J connectivity index is 1.28. The van der Waals surface area contributed by atoms with Crippen molar-refractivity contribution >= 4 is 5.97 Å². The summed E-state index contributed by atoms with van der Waals surface area (Å²) in [4.78, 5) is 11.2. The van der Waals surface area contributed by atoms with Gasteiger partial charge in [-0.05, 0) is 76.0 Å². The van der Waals surface area contributed by atoms with Crippen molar-refractivity contribution in [1.29, 1.82) is 0 Å². The first-order valence-electron chi connectivity index (χ1n) is 10.2. The molecule has 1 heterocycles. The molecule has 3 saturated carbocycles. The van der Waals surface area contributed by atoms with Gasteiger partial charge in [-0.15, -0.1) is 0 Å². The average Bonchev–Trinajstić information content (AvgIpc) is 3.27. The molecule has 4 rings (SSSR count). The fourth-order valence-corrected chi connectivity index (χ4v) is 5.53. The Hall–Kier alpha value is -0.870. The minimum Gasteiger partial charge on any atom is -0.469 e. The Bertz CT molecular complexity index is 516. The number of rotatable bonds is 6. The first-order chi connectivity index (χ1) is 12.2. The molecule has 0 aromatic heterocycles. The molecule has 25 heavy (non-hydrogen) atoms. The molecular formula is C21H32O4. The van der Waals surface area contributed by atoms with Crippen LogP contribution in [0.5, 0.6) is 0 Å². The van der Waals surface area contributed by atoms with Crippen LogP contribution >= 0.6 is 0 Å². The van der Waals surface area contributed by atoms with E-state index >= 15 is 0 Å². The standard InChI is InChI=1S/C21H32O4/c1-23-19(22)7-3-2-6-15-12-16-14-18(21(9-10-21)17(16)13-15)25-20-8-4-5-11-24-20/h6,16-18,20H,2-5,7-14H2,1H3/b15-6+/t16-,17-,18?,20?/m0/s1. The summed E-state index contributed by atoms with van der Waals surface area (Å²) in [6, 6.07) is 0. The summed E-state index contributed by atoms with van der Waals surface area (Å²) in [6.07, 6.45) is 15.3. The molecule has 3 aliphatic carbocycles. The van der Waals surface area contributed by atoms with E-state index in [9.17, 15) is 4.79 Å². The Morgan fingerprint density at radius 3 is 2.92 bits per heavy atom. The highest BCUT2D eigenvalue weighted by atomic mass is 16.7. The van der Waals surface area contributed by atoms with Crippen molar-refractivity contribution in [2.45, 2.75) is 83.0 Å². The second-order valence-electron chi connectivity index (χ2n) is 8.50. The van der Waals surface area contributed by atoms with Crippen LogP contribution in [0, 0.1) is 17.3 Å². The van der Waals surface area contributed by atoms with Crippen molar-refractivity contribution in [1.82, 2.24) is 0 Å². The molecule has 1 spiro atoms. The van der Waals surface area contributed by atoms with Gasteiger partial charge in [0.2, 0.25) is 0 Å². The van der Waals surface area contributed by atoms with Gasteiger partial charge >= 0.3 is 5.97 Å². The summed E-state index contributed by atoms with van der Waals surface area (Å²) < 4.78 is 17.0. The van der Waals surface area contributed by atoms with Crippen LogP contribution in [0.1, 0.15) is 70.6 Å². The molecule has 140 valence electrons. The number of carbonyl (C=O) groups excluding carboxylic acids is 1. The number of allylic oxidation sites excluding steroid dienone is 2. The molecule has 1 aliphatic heterocycles. The normalized spacial score (nSPS) is 37.4. The molecule has 0 aromatic carbocycles. The van der Waals surface area contributed by atoms with Crippen molar-refractivity contribution in [3.8, 4) is 0 Å². The molecular weight excluding hydrogens is 316 g/mol. The van der Waals surface area contributed by atoms with Crippen LogP contribution in [0.4, 0.5) is 0 Å². The zero-order valence-electron chi connectivity index (χ0n) is 15.5. The van der Waals surface area contributed by atoms with Crippen LogP contribution in [0.25, 0.3) is 0 Å². The lowest BCUT2D eigenvalue weighted by Crippen LogP contribution is -2.32. The Morgan fingerprint density at radius 1 is 1.32 bits per heavy atom. The van der Waals surface area contributed by atoms with Gasteiger partial charge in [-0.3, -0.25) is 4.79 Å². The van der Waals surface area contributed by atoms with Gasteiger partial charge in [-0.1, -0.05) is 11.6 Å². The second kappa shape index (κ2) is 7.40. The lowest BCUT2D eigenvalue weighted by molar-refractivity contribution is -0.199. The highest BCUT2D eigenvalue weighted by Gasteiger charge is 2.64. The predicted molar refractivity (Wildman–Crippen MR) is 94.9 cm³/mol. The van der Waals surface area contributed by atoms with E-state index in [4.69, 9.17) is 14.2 Å². The van der Waals surface area contributed by atoms with E-state index in [-0.39, 0.29) is 12.3 Å². The third-order valence-corrected chi connectivity index (χ3v) is 7.00. The molecule has 0 radical (unpaired) electrons. The number of methoxy groups -OCH3 is 1. The van der Waals surface area contributed by atoms with Gasteiger partial charge in [0.1, 0.15) is 0 Å². The van der Waals surface area contributed by atoms with E-state index in [0.29, 0.717) is 17.9 Å². The number of unbranched alkanes of at least 4 members (excludes halogenated alkanes) is 1. The summed E-state index contributed by atoms with van der Waals surface area (Å²) >= 11 is 0. The SMILES string of the molecule is COC(=O)CCC/C=C1\C[C@H]2CC(OC3CCCCO3)C3(CC3)[C@H]2C1. The van der Waals surface area contributed by atoms with E-state index in [1.807, 2.05) is 0 Å². The molecule has 4 nitrogen and oxygen atoms in total. The molecule has 2 unspecified atom stereocenters. The first-order valence-corrected chi connectivity index (χ1v) is 10.2. The van der Waals surface area contributed by atoms with Crippen LogP contribution in [0.2, 0.25) is 0 Å². The molecule has 4 atom stereocenters. The lowest BCUT2D eigenvalue weighted by Gasteiger charge is -2.30. The summed E-state index contributed by atoms with van der Waals surface area (Å²) in [5.74, 6) is 1.54. The number of hydrogen-bond acceptors (Lipinski definition) is 4. The maximum Gasteiger partial charge on any atom is 0.305 e. The summed E-state index contributed by atoms with van der Waals surface area (Å²) in [5, 5.41) is 0. The fraction of sp³-hybridized carbons (Fsp3) is 0.857. The van der Waals surface area contributed by atoms with Crippen LogP contribution < -0.4 is 0 Å². The van der Waals surface area contributed by atoms with E-state index < -0.39 is 0 Å². The van der Waals surface area contributed by atoms with Gasteiger partial charge in [0, 0.05) is 18.4 Å². The minimum atomic E-state index is -0.0939. The lowest BCUT2D eigenvalue weighted by atomic mass is 9.88. The van der Waals surface area contributed by atoms with Crippen molar-refractivity contribution in [2.24, 2.45) is 17.3 Å². The monoisotopic (exact) mass is 348 g/mol. The van der Waals surface area contributed by atoms with Crippen LogP contribution in [-0.2, 0) is 19.0 Å². The number of ether oxygens (including phenoxy) is 3. The third-order valence-electron chi connectivity index (χ3n) is 7.00. The molecule has 0 N–H and O–H groups in total. The van der Waals surface area contributed by atoms with Gasteiger partial charge in [-0.2, -0.15) is 0 Å². The van der Waals surface area contributed by atoms with E-state index in [1.165, 1.54) is 52.1 Å². The average molecular weight is 348 g/mol. The van der Waals surface area contributed by atoms with Gasteiger partial charge < -0.3 is 14.2 Å². The highest BCUT2D eigenvalue weighted by molar-refractivity contribution is 5.69. The first kappa shape index (κ1) is 17.5. The van der Waals surface area contributed by atoms with Crippen molar-refractivity contribution in [3.05, 3.63) is 11.6 Å². The Labute approximate surface area is 151 Å². The molecule has 4 heteroatoms. The number of fused-ring (bicyclic) bond motifs is 2. The largest absolute Gasteiger partial charge is 0.469 e. The molecule has 0 bridgehead atoms. The predicted octanol–water partition coefficient (Wildman–Crippen LogP) is 4.38. The van der Waals surface area contributed by atoms with E-state index in [2.05, 4.69) is 6.08 Å². The van der Waals surface area contributed by atoms with E-state index in [0.717, 1.165) is 37.7 Å². The van der Waals surface area contributed by atoms with Crippen LogP contribution in [-0.4, -0.2) is 32.1 Å². The topological polar surface area (TPSA) is 44.8 Å². The molecule has 0 amide bonds. The third kappa shape index (κ3) is 3.66. The number of carbonyl (C=O) groups is 1. The summed E-state index contributed by atoms with van der Waals surface area (Å²) in [5.41, 5.74) is 2.09. The Kier molecular flexibility index (Phi) is 5.19. The maximum absolute atomic E-state index is 11.2. The number of esters is 1. The smallest absolute Gasteiger partial charge is 0.305 e. The molecule has 0 aromatic rings. The number of hydrogen-bond donors (Lipinski definition) is 0. The van der Waals surface area contributed by atoms with E-state index in [1.54, 1.807) is 5.57 Å². The minimum absolute atomic E-state index is 0.0587.